The first-order valence-electron chi connectivity index (χ1n) is 3.66. The maximum Gasteiger partial charge on any atom is 0.267 e. The van der Waals surface area contributed by atoms with E-state index in [4.69, 9.17) is 0 Å². The van der Waals surface area contributed by atoms with Crippen LogP contribution in [0.5, 0.6) is 0 Å². The molecule has 0 atom stereocenters. The minimum atomic E-state index is -0.273. The molecule has 0 aromatic heterocycles. The van der Waals surface area contributed by atoms with Crippen LogP contribution >= 0.6 is 0 Å². The van der Waals surface area contributed by atoms with Crippen molar-refractivity contribution in [2.75, 3.05) is 7.05 Å². The average molecular weight is 170 g/mol. The Kier molecular flexibility index (Phi) is 4.04. The van der Waals surface area contributed by atoms with Crippen molar-refractivity contribution in [3.05, 3.63) is 11.3 Å². The second-order valence-electron chi connectivity index (χ2n) is 2.64. The van der Waals surface area contributed by atoms with Crippen LogP contribution in [0.1, 0.15) is 20.8 Å². The molecule has 4 nitrogen and oxygen atoms in total. The van der Waals surface area contributed by atoms with Crippen molar-refractivity contribution in [1.29, 1.82) is 0 Å². The zero-order valence-electron chi connectivity index (χ0n) is 7.82. The van der Waals surface area contributed by atoms with Gasteiger partial charge in [-0.3, -0.25) is 9.59 Å². The molecule has 2 amide bonds. The molecule has 0 radical (unpaired) electrons. The van der Waals surface area contributed by atoms with Gasteiger partial charge in [-0.1, -0.05) is 0 Å². The minimum absolute atomic E-state index is 0.241. The molecule has 4 heteroatoms. The lowest BCUT2D eigenvalue weighted by Crippen LogP contribution is -2.32. The molecule has 0 spiro atoms. The third-order valence-electron chi connectivity index (χ3n) is 1.26. The summed E-state index contributed by atoms with van der Waals surface area (Å²) >= 11 is 0. The maximum absolute atomic E-state index is 11.1. The Balaban J connectivity index is 4.58. The van der Waals surface area contributed by atoms with E-state index in [-0.39, 0.29) is 11.8 Å². The molecule has 0 aliphatic carbocycles. The first-order valence-corrected chi connectivity index (χ1v) is 3.66. The van der Waals surface area contributed by atoms with Gasteiger partial charge in [0.05, 0.1) is 0 Å². The summed E-state index contributed by atoms with van der Waals surface area (Å²) in [4.78, 5) is 21.8. The highest BCUT2D eigenvalue weighted by Crippen LogP contribution is 1.98. The molecule has 68 valence electrons. The summed E-state index contributed by atoms with van der Waals surface area (Å²) in [6.07, 6.45) is 0. The SMILES string of the molecule is CNC(=O)C(NC(C)=O)=C(C)C. The molecule has 0 saturated carbocycles. The van der Waals surface area contributed by atoms with E-state index in [0.717, 1.165) is 5.57 Å². The predicted molar refractivity (Wildman–Crippen MR) is 46.3 cm³/mol. The molecular formula is C8H14N2O2. The van der Waals surface area contributed by atoms with Gasteiger partial charge >= 0.3 is 0 Å². The van der Waals surface area contributed by atoms with Gasteiger partial charge in [-0.25, -0.2) is 0 Å². The quantitative estimate of drug-likeness (QED) is 0.580. The first-order chi connectivity index (χ1) is 5.49. The van der Waals surface area contributed by atoms with Crippen molar-refractivity contribution < 1.29 is 9.59 Å². The van der Waals surface area contributed by atoms with Gasteiger partial charge in [0.15, 0.2) is 0 Å². The van der Waals surface area contributed by atoms with Crippen molar-refractivity contribution in [2.45, 2.75) is 20.8 Å². The molecule has 2 N–H and O–H groups in total. The van der Waals surface area contributed by atoms with Crippen LogP contribution in [0.25, 0.3) is 0 Å². The summed E-state index contributed by atoms with van der Waals surface area (Å²) in [7, 11) is 1.52. The highest BCUT2D eigenvalue weighted by molar-refractivity contribution is 5.97. The monoisotopic (exact) mass is 170 g/mol. The van der Waals surface area contributed by atoms with Gasteiger partial charge in [0.1, 0.15) is 5.70 Å². The molecule has 0 rings (SSSR count). The fraction of sp³-hybridized carbons (Fsp3) is 0.500. The predicted octanol–water partition coefficient (Wildman–Crippen LogP) is 0.162. The molecule has 0 aromatic carbocycles. The van der Waals surface area contributed by atoms with Crippen molar-refractivity contribution in [1.82, 2.24) is 10.6 Å². The second-order valence-corrected chi connectivity index (χ2v) is 2.64. The Morgan fingerprint density at radius 3 is 1.83 bits per heavy atom. The van der Waals surface area contributed by atoms with Crippen molar-refractivity contribution in [3.63, 3.8) is 0 Å². The number of likely N-dealkylation sites (N-methyl/N-ethyl adjacent to an activating group) is 1. The van der Waals surface area contributed by atoms with E-state index in [1.165, 1.54) is 14.0 Å². The van der Waals surface area contributed by atoms with E-state index in [0.29, 0.717) is 5.70 Å². The van der Waals surface area contributed by atoms with E-state index in [2.05, 4.69) is 10.6 Å². The van der Waals surface area contributed by atoms with E-state index in [9.17, 15) is 9.59 Å². The van der Waals surface area contributed by atoms with Gasteiger partial charge in [-0.2, -0.15) is 0 Å². The third kappa shape index (κ3) is 3.18. The van der Waals surface area contributed by atoms with E-state index in [1.807, 2.05) is 0 Å². The highest BCUT2D eigenvalue weighted by atomic mass is 16.2. The van der Waals surface area contributed by atoms with Crippen LogP contribution < -0.4 is 10.6 Å². The van der Waals surface area contributed by atoms with Crippen molar-refractivity contribution >= 4 is 11.8 Å². The van der Waals surface area contributed by atoms with E-state index in [1.54, 1.807) is 13.8 Å². The number of rotatable bonds is 2. The molecule has 0 heterocycles. The first kappa shape index (κ1) is 10.7. The highest BCUT2D eigenvalue weighted by Gasteiger charge is 2.09. The molecule has 0 unspecified atom stereocenters. The molecule has 0 saturated heterocycles. The zero-order chi connectivity index (χ0) is 9.72. The van der Waals surface area contributed by atoms with Gasteiger partial charge in [0.2, 0.25) is 5.91 Å². The Bertz CT molecular complexity index is 227. The summed E-state index contributed by atoms with van der Waals surface area (Å²) in [5, 5.41) is 4.90. The summed E-state index contributed by atoms with van der Waals surface area (Å²) in [6, 6.07) is 0. The van der Waals surface area contributed by atoms with Gasteiger partial charge < -0.3 is 10.6 Å². The zero-order valence-corrected chi connectivity index (χ0v) is 7.82. The fourth-order valence-electron chi connectivity index (χ4n) is 0.710. The Morgan fingerprint density at radius 2 is 1.58 bits per heavy atom. The largest absolute Gasteiger partial charge is 0.354 e. The van der Waals surface area contributed by atoms with E-state index >= 15 is 0 Å². The number of hydrogen-bond donors (Lipinski definition) is 2. The second kappa shape index (κ2) is 4.54. The minimum Gasteiger partial charge on any atom is -0.354 e. The van der Waals surface area contributed by atoms with Crippen molar-refractivity contribution in [3.8, 4) is 0 Å². The van der Waals surface area contributed by atoms with Crippen molar-refractivity contribution in [2.24, 2.45) is 0 Å². The van der Waals surface area contributed by atoms with Crippen LogP contribution in [-0.4, -0.2) is 18.9 Å². The third-order valence-corrected chi connectivity index (χ3v) is 1.26. The van der Waals surface area contributed by atoms with Crippen LogP contribution in [0, 0.1) is 0 Å². The molecule has 0 aliphatic heterocycles. The Hall–Kier alpha value is -1.32. The fourth-order valence-corrected chi connectivity index (χ4v) is 0.710. The number of nitrogens with one attached hydrogen (secondary N) is 2. The lowest BCUT2D eigenvalue weighted by Gasteiger charge is -2.07. The standard InChI is InChI=1S/C8H14N2O2/c1-5(2)7(8(12)9-4)10-6(3)11/h1-4H3,(H,9,12)(H,10,11). The Morgan fingerprint density at radius 1 is 1.08 bits per heavy atom. The van der Waals surface area contributed by atoms with Crippen LogP contribution in [0.3, 0.4) is 0 Å². The number of allylic oxidation sites excluding steroid dienone is 1. The molecule has 12 heavy (non-hydrogen) atoms. The van der Waals surface area contributed by atoms with Gasteiger partial charge in [-0.15, -0.1) is 0 Å². The maximum atomic E-state index is 11.1. The number of carbonyl (C=O) groups excluding carboxylic acids is 2. The van der Waals surface area contributed by atoms with Gasteiger partial charge in [-0.05, 0) is 19.4 Å². The lowest BCUT2D eigenvalue weighted by atomic mass is 10.2. The molecular weight excluding hydrogens is 156 g/mol. The normalized spacial score (nSPS) is 8.67. The van der Waals surface area contributed by atoms with E-state index < -0.39 is 0 Å². The van der Waals surface area contributed by atoms with Crippen LogP contribution in [0.2, 0.25) is 0 Å². The number of hydrogen-bond acceptors (Lipinski definition) is 2. The molecule has 0 aromatic rings. The summed E-state index contributed by atoms with van der Waals surface area (Å²) in [5.74, 6) is -0.514. The van der Waals surface area contributed by atoms with Crippen LogP contribution in [-0.2, 0) is 9.59 Å². The summed E-state index contributed by atoms with van der Waals surface area (Å²) in [5.41, 5.74) is 1.11. The number of carbonyl (C=O) groups is 2. The van der Waals surface area contributed by atoms with Crippen LogP contribution in [0.15, 0.2) is 11.3 Å². The molecule has 0 aliphatic rings. The lowest BCUT2D eigenvalue weighted by molar-refractivity contribution is -0.122. The average Bonchev–Trinajstić information content (AvgIpc) is 1.98. The summed E-state index contributed by atoms with van der Waals surface area (Å²) < 4.78 is 0. The smallest absolute Gasteiger partial charge is 0.267 e. The van der Waals surface area contributed by atoms with Crippen LogP contribution in [0.4, 0.5) is 0 Å². The number of amides is 2. The Labute approximate surface area is 72.0 Å². The summed E-state index contributed by atoms with van der Waals surface area (Å²) in [6.45, 7) is 4.90. The molecule has 0 bridgehead atoms. The topological polar surface area (TPSA) is 58.2 Å². The van der Waals surface area contributed by atoms with Gasteiger partial charge in [0, 0.05) is 14.0 Å². The van der Waals surface area contributed by atoms with Gasteiger partial charge in [0.25, 0.3) is 5.91 Å². The molecule has 0 fully saturated rings.